The molecule has 0 N–H and O–H groups in total. The summed E-state index contributed by atoms with van der Waals surface area (Å²) in [6, 6.07) is 5.62. The van der Waals surface area contributed by atoms with E-state index in [1.165, 1.54) is 24.3 Å². The van der Waals surface area contributed by atoms with Gasteiger partial charge in [-0.1, -0.05) is 11.6 Å². The molecular weight excluding hydrogens is 275 g/mol. The van der Waals surface area contributed by atoms with E-state index in [9.17, 15) is 8.60 Å². The van der Waals surface area contributed by atoms with Gasteiger partial charge in [-0.15, -0.1) is 0 Å². The van der Waals surface area contributed by atoms with Crippen molar-refractivity contribution in [3.63, 3.8) is 0 Å². The predicted octanol–water partition coefficient (Wildman–Crippen LogP) is 2.83. The molecule has 0 aliphatic rings. The summed E-state index contributed by atoms with van der Waals surface area (Å²) >= 11 is 6.09. The lowest BCUT2D eigenvalue weighted by molar-refractivity contribution is 0.626. The Morgan fingerprint density at radius 3 is 2.50 bits per heavy atom. The van der Waals surface area contributed by atoms with Crippen molar-refractivity contribution in [2.24, 2.45) is 7.05 Å². The molecule has 2 aromatic rings. The van der Waals surface area contributed by atoms with E-state index < -0.39 is 10.8 Å². The van der Waals surface area contributed by atoms with Crippen molar-refractivity contribution in [2.45, 2.75) is 17.6 Å². The van der Waals surface area contributed by atoms with Gasteiger partial charge in [-0.25, -0.2) is 4.39 Å². The SMILES string of the molecule is Cc1nn(C)c(CS(=O)c2ccc(F)cc2)c1Cl. The molecule has 0 radical (unpaired) electrons. The lowest BCUT2D eigenvalue weighted by Crippen LogP contribution is -2.03. The van der Waals surface area contributed by atoms with Gasteiger partial charge in [0.2, 0.25) is 0 Å². The summed E-state index contributed by atoms with van der Waals surface area (Å²) in [6.07, 6.45) is 0. The lowest BCUT2D eigenvalue weighted by atomic mass is 10.3. The van der Waals surface area contributed by atoms with Crippen LogP contribution in [-0.4, -0.2) is 14.0 Å². The topological polar surface area (TPSA) is 34.9 Å². The molecule has 0 amide bonds. The first-order valence-corrected chi connectivity index (χ1v) is 7.00. The van der Waals surface area contributed by atoms with Crippen molar-refractivity contribution in [2.75, 3.05) is 0 Å². The highest BCUT2D eigenvalue weighted by Gasteiger charge is 2.15. The zero-order valence-electron chi connectivity index (χ0n) is 9.98. The number of aromatic nitrogens is 2. The molecular formula is C12H12ClFN2OS. The second-order valence-corrected chi connectivity index (χ2v) is 5.74. The Kier molecular flexibility index (Phi) is 3.82. The average Bonchev–Trinajstić information content (AvgIpc) is 2.57. The number of hydrogen-bond acceptors (Lipinski definition) is 2. The monoisotopic (exact) mass is 286 g/mol. The van der Waals surface area contributed by atoms with Crippen molar-refractivity contribution in [3.05, 3.63) is 46.5 Å². The minimum Gasteiger partial charge on any atom is -0.270 e. The molecule has 0 spiro atoms. The molecule has 0 aliphatic carbocycles. The molecule has 1 aromatic heterocycles. The fourth-order valence-electron chi connectivity index (χ4n) is 1.63. The number of aryl methyl sites for hydroxylation is 2. The van der Waals surface area contributed by atoms with Crippen molar-refractivity contribution in [1.29, 1.82) is 0 Å². The van der Waals surface area contributed by atoms with E-state index in [4.69, 9.17) is 11.6 Å². The summed E-state index contributed by atoms with van der Waals surface area (Å²) in [7, 11) is 0.498. The summed E-state index contributed by atoms with van der Waals surface area (Å²) in [4.78, 5) is 0.575. The summed E-state index contributed by atoms with van der Waals surface area (Å²) in [5.41, 5.74) is 1.43. The summed E-state index contributed by atoms with van der Waals surface area (Å²) in [5.74, 6) is -0.0768. The molecule has 1 atom stereocenters. The first kappa shape index (κ1) is 13.2. The molecule has 1 aromatic carbocycles. The molecule has 96 valence electrons. The fraction of sp³-hybridized carbons (Fsp3) is 0.250. The van der Waals surface area contributed by atoms with Crippen molar-refractivity contribution >= 4 is 22.4 Å². The van der Waals surface area contributed by atoms with Gasteiger partial charge < -0.3 is 0 Å². The number of hydrogen-bond donors (Lipinski definition) is 0. The Balaban J connectivity index is 2.24. The van der Waals surface area contributed by atoms with E-state index in [2.05, 4.69) is 5.10 Å². The van der Waals surface area contributed by atoms with E-state index in [-0.39, 0.29) is 11.6 Å². The first-order valence-electron chi connectivity index (χ1n) is 5.31. The van der Waals surface area contributed by atoms with Crippen LogP contribution >= 0.6 is 11.6 Å². The van der Waals surface area contributed by atoms with Gasteiger partial charge >= 0.3 is 0 Å². The molecule has 2 rings (SSSR count). The van der Waals surface area contributed by atoms with E-state index in [0.29, 0.717) is 15.6 Å². The second-order valence-electron chi connectivity index (χ2n) is 3.91. The van der Waals surface area contributed by atoms with Gasteiger partial charge in [0, 0.05) is 11.9 Å². The third-order valence-corrected chi connectivity index (χ3v) is 4.43. The Bertz CT molecular complexity index is 595. The quantitative estimate of drug-likeness (QED) is 0.870. The minimum atomic E-state index is -1.26. The van der Waals surface area contributed by atoms with Crippen LogP contribution in [0.4, 0.5) is 4.39 Å². The summed E-state index contributed by atoms with van der Waals surface area (Å²) in [6.45, 7) is 1.80. The lowest BCUT2D eigenvalue weighted by Gasteiger charge is -2.04. The van der Waals surface area contributed by atoms with Crippen LogP contribution < -0.4 is 0 Å². The van der Waals surface area contributed by atoms with Crippen LogP contribution in [0.5, 0.6) is 0 Å². The zero-order valence-corrected chi connectivity index (χ0v) is 11.6. The van der Waals surface area contributed by atoms with Crippen LogP contribution in [-0.2, 0) is 23.6 Å². The Labute approximate surface area is 112 Å². The molecule has 0 saturated heterocycles. The third-order valence-electron chi connectivity index (χ3n) is 2.61. The molecule has 1 heterocycles. The van der Waals surface area contributed by atoms with Crippen LogP contribution in [0.3, 0.4) is 0 Å². The molecule has 3 nitrogen and oxygen atoms in total. The third kappa shape index (κ3) is 2.62. The van der Waals surface area contributed by atoms with Crippen molar-refractivity contribution < 1.29 is 8.60 Å². The van der Waals surface area contributed by atoms with Gasteiger partial charge in [-0.05, 0) is 31.2 Å². The highest BCUT2D eigenvalue weighted by Crippen LogP contribution is 2.22. The van der Waals surface area contributed by atoms with Gasteiger partial charge in [0.25, 0.3) is 0 Å². The van der Waals surface area contributed by atoms with Gasteiger partial charge in [-0.3, -0.25) is 8.89 Å². The maximum atomic E-state index is 12.8. The molecule has 18 heavy (non-hydrogen) atoms. The number of halogens is 2. The molecule has 0 fully saturated rings. The largest absolute Gasteiger partial charge is 0.270 e. The van der Waals surface area contributed by atoms with Gasteiger partial charge in [0.05, 0.1) is 33.0 Å². The molecule has 0 aliphatic heterocycles. The van der Waals surface area contributed by atoms with Gasteiger partial charge in [0.1, 0.15) is 5.82 Å². The van der Waals surface area contributed by atoms with Crippen molar-refractivity contribution in [1.82, 2.24) is 9.78 Å². The smallest absolute Gasteiger partial charge is 0.123 e. The average molecular weight is 287 g/mol. The standard InChI is InChI=1S/C12H12ClFN2OS/c1-8-12(13)11(16(2)15-8)7-18(17)10-5-3-9(14)4-6-10/h3-6H,7H2,1-2H3. The summed E-state index contributed by atoms with van der Waals surface area (Å²) < 4.78 is 26.5. The molecule has 0 saturated carbocycles. The predicted molar refractivity (Wildman–Crippen MR) is 69.5 cm³/mol. The minimum absolute atomic E-state index is 0.266. The normalized spacial score (nSPS) is 12.7. The summed E-state index contributed by atoms with van der Waals surface area (Å²) in [5, 5.41) is 4.70. The number of nitrogens with zero attached hydrogens (tertiary/aromatic N) is 2. The molecule has 0 bridgehead atoms. The van der Waals surface area contributed by atoms with Crippen LogP contribution in [0.15, 0.2) is 29.2 Å². The van der Waals surface area contributed by atoms with Gasteiger partial charge in [-0.2, -0.15) is 5.10 Å². The maximum Gasteiger partial charge on any atom is 0.123 e. The highest BCUT2D eigenvalue weighted by molar-refractivity contribution is 7.84. The second kappa shape index (κ2) is 5.20. The van der Waals surface area contributed by atoms with Crippen LogP contribution in [0, 0.1) is 12.7 Å². The Morgan fingerprint density at radius 1 is 1.39 bits per heavy atom. The number of benzene rings is 1. The van der Waals surface area contributed by atoms with Crippen LogP contribution in [0.25, 0.3) is 0 Å². The highest BCUT2D eigenvalue weighted by atomic mass is 35.5. The maximum absolute atomic E-state index is 12.8. The number of rotatable bonds is 3. The van der Waals surface area contributed by atoms with E-state index >= 15 is 0 Å². The Hall–Kier alpha value is -1.20. The van der Waals surface area contributed by atoms with E-state index in [1.807, 2.05) is 0 Å². The van der Waals surface area contributed by atoms with E-state index in [1.54, 1.807) is 18.7 Å². The first-order chi connectivity index (χ1) is 8.49. The van der Waals surface area contributed by atoms with E-state index in [0.717, 1.165) is 5.69 Å². The Morgan fingerprint density at radius 2 is 2.00 bits per heavy atom. The van der Waals surface area contributed by atoms with Crippen LogP contribution in [0.1, 0.15) is 11.4 Å². The fourth-order valence-corrected chi connectivity index (χ4v) is 3.12. The molecule has 6 heteroatoms. The molecule has 1 unspecified atom stereocenters. The van der Waals surface area contributed by atoms with Crippen LogP contribution in [0.2, 0.25) is 5.02 Å². The van der Waals surface area contributed by atoms with Crippen molar-refractivity contribution in [3.8, 4) is 0 Å². The zero-order chi connectivity index (χ0) is 13.3. The van der Waals surface area contributed by atoms with Gasteiger partial charge in [0.15, 0.2) is 0 Å².